The van der Waals surface area contributed by atoms with E-state index in [9.17, 15) is 14.4 Å². The summed E-state index contributed by atoms with van der Waals surface area (Å²) < 4.78 is 16.6. The Morgan fingerprint density at radius 3 is 2.50 bits per heavy atom. The molecule has 3 rings (SSSR count). The second kappa shape index (κ2) is 12.9. The molecule has 200 valence electrons. The molecular weight excluding hydrogens is 514 g/mol. The van der Waals surface area contributed by atoms with E-state index in [1.54, 1.807) is 39.0 Å². The number of ether oxygens (including phenoxy) is 2. The van der Waals surface area contributed by atoms with Crippen molar-refractivity contribution in [2.45, 2.75) is 39.0 Å². The standard InChI is InChI=1S/C27H28ClN3O7/c1-27(2,3)38-26(35)30-22(16-36-15-17-7-5-4-6-8-17)24(32)31-29-14-19-10-12-23(37-19)18-9-11-20(25(33)34)21(28)13-18/h4-14,22H,15-16H2,1-3H3,(H,30,35)(H,31,32)(H,33,34)/b29-14-/t22-/m0/s1. The maximum absolute atomic E-state index is 12.8. The van der Waals surface area contributed by atoms with E-state index in [0.717, 1.165) is 5.56 Å². The first-order valence-corrected chi connectivity index (χ1v) is 12.0. The lowest BCUT2D eigenvalue weighted by Crippen LogP contribution is -2.49. The Morgan fingerprint density at radius 1 is 1.11 bits per heavy atom. The molecule has 0 spiro atoms. The van der Waals surface area contributed by atoms with Crippen molar-refractivity contribution in [3.05, 3.63) is 82.6 Å². The number of furan rings is 1. The van der Waals surface area contributed by atoms with E-state index < -0.39 is 29.6 Å². The van der Waals surface area contributed by atoms with Crippen LogP contribution in [0.3, 0.4) is 0 Å². The average molecular weight is 542 g/mol. The van der Waals surface area contributed by atoms with E-state index in [4.69, 9.17) is 30.6 Å². The number of carbonyl (C=O) groups is 3. The second-order valence-corrected chi connectivity index (χ2v) is 9.54. The SMILES string of the molecule is CC(C)(C)OC(=O)N[C@@H](COCc1ccccc1)C(=O)N/N=C\c1ccc(-c2ccc(C(=O)O)c(Cl)c2)o1. The van der Waals surface area contributed by atoms with Crippen LogP contribution in [0.25, 0.3) is 11.3 Å². The zero-order valence-corrected chi connectivity index (χ0v) is 21.8. The predicted molar refractivity (Wildman–Crippen MR) is 141 cm³/mol. The molecule has 0 saturated carbocycles. The highest BCUT2D eigenvalue weighted by molar-refractivity contribution is 6.33. The van der Waals surface area contributed by atoms with Crippen LogP contribution in [-0.2, 0) is 20.9 Å². The normalized spacial score (nSPS) is 12.2. The molecule has 0 radical (unpaired) electrons. The minimum Gasteiger partial charge on any atom is -0.478 e. The van der Waals surface area contributed by atoms with E-state index in [2.05, 4.69) is 15.8 Å². The Balaban J connectivity index is 1.62. The molecule has 3 N–H and O–H groups in total. The lowest BCUT2D eigenvalue weighted by Gasteiger charge is -2.22. The molecule has 2 aromatic carbocycles. The number of hydrogen-bond donors (Lipinski definition) is 3. The minimum atomic E-state index is -1.13. The van der Waals surface area contributed by atoms with Crippen LogP contribution in [0, 0.1) is 0 Å². The van der Waals surface area contributed by atoms with E-state index in [1.807, 2.05) is 30.3 Å². The second-order valence-electron chi connectivity index (χ2n) is 9.14. The molecular formula is C27H28ClN3O7. The van der Waals surface area contributed by atoms with Crippen molar-refractivity contribution in [2.75, 3.05) is 6.61 Å². The Hall–Kier alpha value is -4.15. The Morgan fingerprint density at radius 2 is 1.84 bits per heavy atom. The van der Waals surface area contributed by atoms with Crippen LogP contribution in [-0.4, -0.2) is 47.5 Å². The zero-order valence-electron chi connectivity index (χ0n) is 21.1. The molecule has 0 aliphatic carbocycles. The summed E-state index contributed by atoms with van der Waals surface area (Å²) in [7, 11) is 0. The number of carboxylic acids is 1. The van der Waals surface area contributed by atoms with Crippen molar-refractivity contribution in [2.24, 2.45) is 5.10 Å². The van der Waals surface area contributed by atoms with E-state index >= 15 is 0 Å². The van der Waals surface area contributed by atoms with Gasteiger partial charge in [0.2, 0.25) is 0 Å². The highest BCUT2D eigenvalue weighted by Gasteiger charge is 2.24. The van der Waals surface area contributed by atoms with Crippen LogP contribution in [0.5, 0.6) is 0 Å². The lowest BCUT2D eigenvalue weighted by molar-refractivity contribution is -0.124. The molecule has 3 aromatic rings. The van der Waals surface area contributed by atoms with Gasteiger partial charge in [-0.15, -0.1) is 0 Å². The summed E-state index contributed by atoms with van der Waals surface area (Å²) in [5, 5.41) is 15.6. The Labute approximate surface area is 224 Å². The maximum atomic E-state index is 12.8. The highest BCUT2D eigenvalue weighted by Crippen LogP contribution is 2.27. The van der Waals surface area contributed by atoms with Gasteiger partial charge in [0, 0.05) is 5.56 Å². The first-order chi connectivity index (χ1) is 18.0. The number of rotatable bonds is 10. The number of amides is 2. The summed E-state index contributed by atoms with van der Waals surface area (Å²) in [6.07, 6.45) is 0.512. The number of aromatic carboxylic acids is 1. The van der Waals surface area contributed by atoms with Crippen molar-refractivity contribution in [3.8, 4) is 11.3 Å². The van der Waals surface area contributed by atoms with Crippen molar-refractivity contribution in [3.63, 3.8) is 0 Å². The van der Waals surface area contributed by atoms with Gasteiger partial charge >= 0.3 is 12.1 Å². The molecule has 0 fully saturated rings. The molecule has 0 bridgehead atoms. The molecule has 0 saturated heterocycles. The first-order valence-electron chi connectivity index (χ1n) is 11.6. The van der Waals surface area contributed by atoms with Crippen LogP contribution < -0.4 is 10.7 Å². The fourth-order valence-electron chi connectivity index (χ4n) is 3.16. The summed E-state index contributed by atoms with van der Waals surface area (Å²) in [5.41, 5.74) is 3.08. The number of nitrogens with one attached hydrogen (secondary N) is 2. The average Bonchev–Trinajstić information content (AvgIpc) is 3.31. The predicted octanol–water partition coefficient (Wildman–Crippen LogP) is 4.86. The summed E-state index contributed by atoms with van der Waals surface area (Å²) in [5.74, 6) is -1.01. The number of benzene rings is 2. The summed E-state index contributed by atoms with van der Waals surface area (Å²) in [4.78, 5) is 36.2. The number of hydrazone groups is 1. The van der Waals surface area contributed by atoms with Crippen molar-refractivity contribution < 1.29 is 33.4 Å². The smallest absolute Gasteiger partial charge is 0.408 e. The van der Waals surface area contributed by atoms with Crippen molar-refractivity contribution >= 4 is 35.8 Å². The summed E-state index contributed by atoms with van der Waals surface area (Å²) in [6, 6.07) is 16.0. The third-order valence-corrected chi connectivity index (χ3v) is 5.19. The van der Waals surface area contributed by atoms with Gasteiger partial charge in [0.15, 0.2) is 0 Å². The molecule has 0 aliphatic heterocycles. The van der Waals surface area contributed by atoms with Gasteiger partial charge in [-0.05, 0) is 50.6 Å². The van der Waals surface area contributed by atoms with Crippen LogP contribution in [0.15, 0.2) is 70.2 Å². The fourth-order valence-corrected chi connectivity index (χ4v) is 3.42. The van der Waals surface area contributed by atoms with Gasteiger partial charge in [-0.2, -0.15) is 5.10 Å². The molecule has 1 aromatic heterocycles. The quantitative estimate of drug-likeness (QED) is 0.246. The molecule has 10 nitrogen and oxygen atoms in total. The fraction of sp³-hybridized carbons (Fsp3) is 0.259. The molecule has 2 amide bonds. The largest absolute Gasteiger partial charge is 0.478 e. The topological polar surface area (TPSA) is 139 Å². The maximum Gasteiger partial charge on any atom is 0.408 e. The van der Waals surface area contributed by atoms with Gasteiger partial charge in [0.1, 0.15) is 23.2 Å². The Kier molecular flexibility index (Phi) is 9.64. The number of hydrogen-bond acceptors (Lipinski definition) is 7. The van der Waals surface area contributed by atoms with E-state index in [1.165, 1.54) is 18.3 Å². The van der Waals surface area contributed by atoms with Gasteiger partial charge in [-0.3, -0.25) is 4.79 Å². The zero-order chi connectivity index (χ0) is 27.7. The van der Waals surface area contributed by atoms with Gasteiger partial charge in [0.05, 0.1) is 30.0 Å². The number of carboxylic acid groups (broad SMARTS) is 1. The number of nitrogens with zero attached hydrogens (tertiary/aromatic N) is 1. The number of halogens is 1. The molecule has 0 unspecified atom stereocenters. The van der Waals surface area contributed by atoms with Crippen LogP contribution in [0.2, 0.25) is 5.02 Å². The molecule has 1 heterocycles. The lowest BCUT2D eigenvalue weighted by atomic mass is 10.1. The van der Waals surface area contributed by atoms with Gasteiger partial charge in [-0.1, -0.05) is 48.0 Å². The van der Waals surface area contributed by atoms with E-state index in [0.29, 0.717) is 17.1 Å². The van der Waals surface area contributed by atoms with Crippen LogP contribution >= 0.6 is 11.6 Å². The minimum absolute atomic E-state index is 0.0197. The van der Waals surface area contributed by atoms with Crippen LogP contribution in [0.1, 0.15) is 42.5 Å². The molecule has 1 atom stereocenters. The number of carbonyl (C=O) groups excluding carboxylic acids is 2. The molecule has 11 heteroatoms. The van der Waals surface area contributed by atoms with Crippen molar-refractivity contribution in [1.82, 2.24) is 10.7 Å². The Bertz CT molecular complexity index is 1300. The van der Waals surface area contributed by atoms with Crippen molar-refractivity contribution in [1.29, 1.82) is 0 Å². The molecule has 0 aliphatic rings. The molecule has 38 heavy (non-hydrogen) atoms. The van der Waals surface area contributed by atoms with Gasteiger partial charge in [-0.25, -0.2) is 15.0 Å². The number of alkyl carbamates (subject to hydrolysis) is 1. The van der Waals surface area contributed by atoms with Gasteiger partial charge in [0.25, 0.3) is 5.91 Å². The summed E-state index contributed by atoms with van der Waals surface area (Å²) in [6.45, 7) is 5.27. The van der Waals surface area contributed by atoms with Gasteiger partial charge < -0.3 is 24.3 Å². The highest BCUT2D eigenvalue weighted by atomic mass is 35.5. The first kappa shape index (κ1) is 28.4. The van der Waals surface area contributed by atoms with Crippen LogP contribution in [0.4, 0.5) is 4.79 Å². The summed E-state index contributed by atoms with van der Waals surface area (Å²) >= 11 is 6.03. The third kappa shape index (κ3) is 8.75. The monoisotopic (exact) mass is 541 g/mol. The third-order valence-electron chi connectivity index (χ3n) is 4.88. The van der Waals surface area contributed by atoms with E-state index in [-0.39, 0.29) is 23.8 Å².